The second kappa shape index (κ2) is 8.94. The Hall–Kier alpha value is -0.930. The van der Waals surface area contributed by atoms with E-state index in [4.69, 9.17) is 14.7 Å². The predicted octanol–water partition coefficient (Wildman–Crippen LogP) is 5.75. The van der Waals surface area contributed by atoms with Gasteiger partial charge in [-0.2, -0.15) is 13.1 Å². The van der Waals surface area contributed by atoms with Crippen LogP contribution in [0.5, 0.6) is 0 Å². The zero-order chi connectivity index (χ0) is 23.3. The molecule has 0 radical (unpaired) electrons. The summed E-state index contributed by atoms with van der Waals surface area (Å²) in [6.07, 6.45) is 13.0. The van der Waals surface area contributed by atoms with E-state index in [1.807, 2.05) is 0 Å². The molecule has 0 aliphatic heterocycles. The fourth-order valence-electron chi connectivity index (χ4n) is 8.42. The van der Waals surface area contributed by atoms with Crippen LogP contribution in [0.4, 0.5) is 8.78 Å². The summed E-state index contributed by atoms with van der Waals surface area (Å²) >= 11 is -0.632. The molecule has 33 heavy (non-hydrogen) atoms. The molecular weight excluding hydrogens is 454 g/mol. The van der Waals surface area contributed by atoms with E-state index in [1.54, 1.807) is 0 Å². The number of esters is 2. The van der Waals surface area contributed by atoms with Crippen molar-refractivity contribution in [2.75, 3.05) is 6.61 Å². The van der Waals surface area contributed by atoms with Crippen LogP contribution in [0.1, 0.15) is 83.5 Å². The minimum absolute atomic E-state index is 0.0275. The van der Waals surface area contributed by atoms with Crippen molar-refractivity contribution in [2.45, 2.75) is 94.3 Å². The number of ether oxygens (including phenoxy) is 2. The minimum atomic E-state index is -3.97. The molecule has 1 N–H and O–H groups in total. The summed E-state index contributed by atoms with van der Waals surface area (Å²) in [5.74, 6) is 0.330. The van der Waals surface area contributed by atoms with Gasteiger partial charge in [0.15, 0.2) is 0 Å². The number of halogens is 2. The topological polar surface area (TPSA) is 82.1 Å². The molecule has 4 bridgehead atoms. The van der Waals surface area contributed by atoms with Gasteiger partial charge in [-0.25, -0.2) is 10.1 Å². The van der Waals surface area contributed by atoms with Gasteiger partial charge >= 0.3 is 17.2 Å². The lowest BCUT2D eigenvalue weighted by atomic mass is 9.48. The van der Waals surface area contributed by atoms with Crippen LogP contribution in [0.25, 0.3) is 0 Å². The van der Waals surface area contributed by atoms with Crippen molar-refractivity contribution >= 4 is 24.0 Å². The number of fused-ring (bicyclic) bond motifs is 1. The Bertz CT molecular complexity index is 762. The molecule has 5 atom stereocenters. The Labute approximate surface area is 197 Å². The van der Waals surface area contributed by atoms with Gasteiger partial charge in [0.1, 0.15) is 17.6 Å². The van der Waals surface area contributed by atoms with Crippen molar-refractivity contribution in [3.8, 4) is 0 Å². The minimum Gasteiger partial charge on any atom is -0.460 e. The van der Waals surface area contributed by atoms with E-state index in [0.29, 0.717) is 24.2 Å². The number of hydrogen-bond acceptors (Lipinski definition) is 7. The molecule has 0 amide bonds. The molecule has 0 heterocycles. The fourth-order valence-corrected chi connectivity index (χ4v) is 8.64. The van der Waals surface area contributed by atoms with Gasteiger partial charge in [0, 0.05) is 5.41 Å². The molecule has 5 unspecified atom stereocenters. The van der Waals surface area contributed by atoms with Gasteiger partial charge in [0.05, 0.1) is 12.5 Å². The highest BCUT2D eigenvalue weighted by Gasteiger charge is 2.60. The second-order valence-corrected chi connectivity index (χ2v) is 12.5. The lowest BCUT2D eigenvalue weighted by Crippen LogP contribution is -2.59. The third-order valence-electron chi connectivity index (χ3n) is 9.21. The number of alkyl halides is 2. The summed E-state index contributed by atoms with van der Waals surface area (Å²) < 4.78 is 42.1. The number of carbonyl (C=O) groups excluding carboxylic acids is 2. The largest absolute Gasteiger partial charge is 0.460 e. The summed E-state index contributed by atoms with van der Waals surface area (Å²) in [6.45, 7) is -0.118. The third-order valence-corrected chi connectivity index (χ3v) is 9.66. The van der Waals surface area contributed by atoms with Gasteiger partial charge in [-0.3, -0.25) is 4.79 Å². The van der Waals surface area contributed by atoms with Crippen LogP contribution >= 0.6 is 12.0 Å². The van der Waals surface area contributed by atoms with E-state index >= 15 is 0 Å². The Morgan fingerprint density at radius 1 is 0.970 bits per heavy atom. The molecule has 6 aliphatic rings. The zero-order valence-corrected chi connectivity index (χ0v) is 19.8. The normalized spacial score (nSPS) is 42.0. The van der Waals surface area contributed by atoms with Gasteiger partial charge < -0.3 is 9.47 Å². The maximum Gasteiger partial charge on any atom is 0.415 e. The molecule has 6 aliphatic carbocycles. The Morgan fingerprint density at radius 2 is 1.67 bits per heavy atom. The lowest BCUT2D eigenvalue weighted by Gasteiger charge is -2.61. The van der Waals surface area contributed by atoms with Gasteiger partial charge in [0.2, 0.25) is 0 Å². The number of rotatable bonds is 7. The van der Waals surface area contributed by atoms with Crippen molar-refractivity contribution in [3.63, 3.8) is 0 Å². The summed E-state index contributed by atoms with van der Waals surface area (Å²) in [5.41, 5.74) is -0.982. The van der Waals surface area contributed by atoms with E-state index in [9.17, 15) is 18.4 Å². The van der Waals surface area contributed by atoms with Gasteiger partial charge in [-0.15, -0.1) is 0 Å². The van der Waals surface area contributed by atoms with Crippen LogP contribution < -0.4 is 0 Å². The third kappa shape index (κ3) is 4.79. The Balaban J connectivity index is 1.23. The van der Waals surface area contributed by atoms with Crippen LogP contribution in [-0.2, 0) is 23.4 Å². The van der Waals surface area contributed by atoms with Crippen LogP contribution in [0.15, 0.2) is 0 Å². The molecule has 0 spiro atoms. The first-order valence-electron chi connectivity index (χ1n) is 12.5. The van der Waals surface area contributed by atoms with E-state index in [1.165, 1.54) is 25.7 Å². The monoisotopic (exact) mass is 488 g/mol. The molecule has 0 aromatic rings. The van der Waals surface area contributed by atoms with Crippen molar-refractivity contribution in [1.29, 1.82) is 0 Å². The standard InChI is InChI=1S/C24H34F2O6S/c25-24(26,33-32-29)21(28)30-14-22-9-15-7-16(10-22)12-23(11-15,13-22)31-20(27)19-6-5-17-3-1-2-4-18(17)8-19/h15-19,29H,1-14H2. The van der Waals surface area contributed by atoms with Crippen molar-refractivity contribution in [2.24, 2.45) is 35.0 Å². The molecule has 6 rings (SSSR count). The van der Waals surface area contributed by atoms with Gasteiger partial charge in [0.25, 0.3) is 0 Å². The first kappa shape index (κ1) is 23.8. The average Bonchev–Trinajstić information content (AvgIpc) is 2.76. The molecule has 0 aromatic heterocycles. The molecule has 9 heteroatoms. The fraction of sp³-hybridized carbons (Fsp3) is 0.917. The van der Waals surface area contributed by atoms with Gasteiger partial charge in [-0.05, 0) is 81.5 Å². The highest BCUT2D eigenvalue weighted by molar-refractivity contribution is 7.96. The van der Waals surface area contributed by atoms with Crippen molar-refractivity contribution < 1.29 is 37.4 Å². The molecule has 6 fully saturated rings. The van der Waals surface area contributed by atoms with E-state index < -0.39 is 34.3 Å². The van der Waals surface area contributed by atoms with E-state index in [-0.39, 0.29) is 18.5 Å². The zero-order valence-electron chi connectivity index (χ0n) is 18.9. The van der Waals surface area contributed by atoms with Crippen molar-refractivity contribution in [3.05, 3.63) is 0 Å². The number of carbonyl (C=O) groups is 2. The SMILES string of the molecule is O=C(OC12CC3CC(CC(COC(=O)C(F)(F)SOO)(C3)C1)C2)C1CCC2CCCCC2C1. The average molecular weight is 489 g/mol. The highest BCUT2D eigenvalue weighted by Crippen LogP contribution is 2.63. The molecule has 0 aromatic carbocycles. The molecule has 6 nitrogen and oxygen atoms in total. The molecular formula is C24H34F2O6S. The Kier molecular flexibility index (Phi) is 6.44. The van der Waals surface area contributed by atoms with Crippen LogP contribution in [0.3, 0.4) is 0 Å². The molecule has 186 valence electrons. The smallest absolute Gasteiger partial charge is 0.415 e. The number of hydrogen-bond donors (Lipinski definition) is 1. The van der Waals surface area contributed by atoms with Crippen LogP contribution in [0, 0.1) is 35.0 Å². The van der Waals surface area contributed by atoms with E-state index in [0.717, 1.165) is 57.3 Å². The second-order valence-electron chi connectivity index (χ2n) is 11.6. The van der Waals surface area contributed by atoms with E-state index in [2.05, 4.69) is 4.33 Å². The summed E-state index contributed by atoms with van der Waals surface area (Å²) in [4.78, 5) is 25.1. The summed E-state index contributed by atoms with van der Waals surface area (Å²) in [7, 11) is 0. The van der Waals surface area contributed by atoms with Crippen molar-refractivity contribution in [1.82, 2.24) is 0 Å². The summed E-state index contributed by atoms with van der Waals surface area (Å²) in [6, 6.07) is 0. The maximum absolute atomic E-state index is 13.7. The van der Waals surface area contributed by atoms with Crippen LogP contribution in [0.2, 0.25) is 0 Å². The summed E-state index contributed by atoms with van der Waals surface area (Å²) in [5, 5.41) is 4.29. The Morgan fingerprint density at radius 3 is 2.36 bits per heavy atom. The predicted molar refractivity (Wildman–Crippen MR) is 116 cm³/mol. The van der Waals surface area contributed by atoms with Crippen LogP contribution in [-0.4, -0.2) is 34.7 Å². The maximum atomic E-state index is 13.7. The first-order chi connectivity index (χ1) is 15.7. The lowest BCUT2D eigenvalue weighted by molar-refractivity contribution is -0.216. The van der Waals surface area contributed by atoms with Gasteiger partial charge in [-0.1, -0.05) is 25.7 Å². The molecule has 0 saturated heterocycles. The highest BCUT2D eigenvalue weighted by atomic mass is 32.2. The molecule has 6 saturated carbocycles. The first-order valence-corrected chi connectivity index (χ1v) is 13.2. The quantitative estimate of drug-likeness (QED) is 0.211.